The van der Waals surface area contributed by atoms with Crippen molar-refractivity contribution in [2.24, 2.45) is 0 Å². The van der Waals surface area contributed by atoms with Crippen LogP contribution in [-0.4, -0.2) is 64.4 Å². The van der Waals surface area contributed by atoms with E-state index < -0.39 is 12.1 Å². The van der Waals surface area contributed by atoms with E-state index in [9.17, 15) is 9.59 Å². The normalized spacial score (nSPS) is 21.5. The lowest BCUT2D eigenvalue weighted by molar-refractivity contribution is -0.146. The number of thioether (sulfide) groups is 1. The van der Waals surface area contributed by atoms with Crippen LogP contribution in [0.25, 0.3) is 0 Å². The van der Waals surface area contributed by atoms with Gasteiger partial charge in [-0.05, 0) is 12.2 Å². The van der Waals surface area contributed by atoms with Crippen molar-refractivity contribution in [2.45, 2.75) is 18.6 Å². The third-order valence-corrected chi connectivity index (χ3v) is 3.65. The number of urea groups is 1. The minimum Gasteiger partial charge on any atom is -0.479 e. The van der Waals surface area contributed by atoms with Crippen LogP contribution in [0.15, 0.2) is 0 Å². The zero-order valence-corrected chi connectivity index (χ0v) is 9.87. The van der Waals surface area contributed by atoms with Crippen molar-refractivity contribution < 1.29 is 19.8 Å². The van der Waals surface area contributed by atoms with Gasteiger partial charge < -0.3 is 20.4 Å². The fraction of sp³-hybridized carbons (Fsp3) is 0.778. The fourth-order valence-electron chi connectivity index (χ4n) is 1.39. The minimum atomic E-state index is -1.55. The SMILES string of the molecule is CN(C(=O)NCC(O)C(=O)O)C1CCSC1. The first-order chi connectivity index (χ1) is 7.52. The molecule has 1 aliphatic rings. The summed E-state index contributed by atoms with van der Waals surface area (Å²) in [6.45, 7) is -0.266. The minimum absolute atomic E-state index is 0.201. The second kappa shape index (κ2) is 5.95. The van der Waals surface area contributed by atoms with Crippen LogP contribution >= 0.6 is 11.8 Å². The third-order valence-electron chi connectivity index (χ3n) is 2.51. The van der Waals surface area contributed by atoms with Gasteiger partial charge in [-0.25, -0.2) is 9.59 Å². The van der Waals surface area contributed by atoms with Gasteiger partial charge in [-0.3, -0.25) is 0 Å². The van der Waals surface area contributed by atoms with Gasteiger partial charge in [0.2, 0.25) is 0 Å². The van der Waals surface area contributed by atoms with Crippen molar-refractivity contribution in [1.82, 2.24) is 10.2 Å². The van der Waals surface area contributed by atoms with E-state index in [2.05, 4.69) is 5.32 Å². The summed E-state index contributed by atoms with van der Waals surface area (Å²) in [5.41, 5.74) is 0. The average molecular weight is 248 g/mol. The van der Waals surface area contributed by atoms with Crippen molar-refractivity contribution in [1.29, 1.82) is 0 Å². The number of aliphatic carboxylic acids is 1. The largest absolute Gasteiger partial charge is 0.479 e. The lowest BCUT2D eigenvalue weighted by atomic mass is 10.2. The molecule has 3 N–H and O–H groups in total. The van der Waals surface area contributed by atoms with Gasteiger partial charge in [0.15, 0.2) is 6.10 Å². The molecule has 1 fully saturated rings. The van der Waals surface area contributed by atoms with E-state index in [1.807, 2.05) is 0 Å². The van der Waals surface area contributed by atoms with Gasteiger partial charge in [-0.15, -0.1) is 0 Å². The predicted octanol–water partition coefficient (Wildman–Crippen LogP) is -0.421. The first-order valence-corrected chi connectivity index (χ1v) is 6.17. The molecule has 2 atom stereocenters. The molecule has 0 saturated carbocycles. The number of aliphatic hydroxyl groups excluding tert-OH is 1. The zero-order valence-electron chi connectivity index (χ0n) is 9.05. The van der Waals surface area contributed by atoms with Gasteiger partial charge >= 0.3 is 12.0 Å². The summed E-state index contributed by atoms with van der Waals surface area (Å²) < 4.78 is 0. The average Bonchev–Trinajstić information content (AvgIpc) is 2.77. The summed E-state index contributed by atoms with van der Waals surface area (Å²) in [4.78, 5) is 23.4. The quantitative estimate of drug-likeness (QED) is 0.628. The highest BCUT2D eigenvalue weighted by molar-refractivity contribution is 7.99. The zero-order chi connectivity index (χ0) is 12.1. The number of carboxylic acid groups (broad SMARTS) is 1. The topological polar surface area (TPSA) is 89.9 Å². The van der Waals surface area contributed by atoms with Crippen molar-refractivity contribution in [3.05, 3.63) is 0 Å². The highest BCUT2D eigenvalue weighted by Gasteiger charge is 2.24. The molecule has 0 aliphatic carbocycles. The number of hydrogen-bond donors (Lipinski definition) is 3. The maximum atomic E-state index is 11.6. The lowest BCUT2D eigenvalue weighted by Crippen LogP contribution is -2.46. The molecule has 1 aliphatic heterocycles. The molecule has 1 saturated heterocycles. The molecule has 0 spiro atoms. The van der Waals surface area contributed by atoms with Crippen LogP contribution in [-0.2, 0) is 4.79 Å². The maximum Gasteiger partial charge on any atom is 0.334 e. The summed E-state index contributed by atoms with van der Waals surface area (Å²) in [7, 11) is 1.68. The maximum absolute atomic E-state index is 11.6. The third kappa shape index (κ3) is 3.57. The van der Waals surface area contributed by atoms with Crippen molar-refractivity contribution in [2.75, 3.05) is 25.1 Å². The Labute approximate surface area is 98.0 Å². The van der Waals surface area contributed by atoms with E-state index in [4.69, 9.17) is 10.2 Å². The number of hydrogen-bond acceptors (Lipinski definition) is 4. The Morgan fingerprint density at radius 3 is 2.81 bits per heavy atom. The van der Waals surface area contributed by atoms with Gasteiger partial charge in [-0.1, -0.05) is 0 Å². The summed E-state index contributed by atoms with van der Waals surface area (Å²) in [6, 6.07) is -0.139. The van der Waals surface area contributed by atoms with E-state index in [0.717, 1.165) is 17.9 Å². The fourth-order valence-corrected chi connectivity index (χ4v) is 2.66. The number of carbonyl (C=O) groups is 2. The van der Waals surface area contributed by atoms with Crippen LogP contribution < -0.4 is 5.32 Å². The van der Waals surface area contributed by atoms with Crippen LogP contribution in [0.3, 0.4) is 0 Å². The predicted molar refractivity (Wildman–Crippen MR) is 60.5 cm³/mol. The highest BCUT2D eigenvalue weighted by atomic mass is 32.2. The van der Waals surface area contributed by atoms with Crippen LogP contribution in [0.1, 0.15) is 6.42 Å². The summed E-state index contributed by atoms with van der Waals surface area (Å²) >= 11 is 1.79. The number of carboxylic acids is 1. The molecule has 0 radical (unpaired) electrons. The molecule has 0 aromatic heterocycles. The number of amides is 2. The number of carbonyl (C=O) groups excluding carboxylic acids is 1. The summed E-state index contributed by atoms with van der Waals surface area (Å²) in [6.07, 6.45) is -0.592. The number of rotatable bonds is 4. The molecule has 92 valence electrons. The lowest BCUT2D eigenvalue weighted by Gasteiger charge is -2.24. The van der Waals surface area contributed by atoms with E-state index in [1.165, 1.54) is 0 Å². The molecular weight excluding hydrogens is 232 g/mol. The molecular formula is C9H16N2O4S. The molecule has 0 aromatic rings. The van der Waals surface area contributed by atoms with E-state index in [1.54, 1.807) is 23.7 Å². The molecule has 1 heterocycles. The van der Waals surface area contributed by atoms with Crippen LogP contribution in [0.5, 0.6) is 0 Å². The van der Waals surface area contributed by atoms with Crippen molar-refractivity contribution in [3.63, 3.8) is 0 Å². The number of nitrogens with zero attached hydrogens (tertiary/aromatic N) is 1. The Kier molecular flexibility index (Phi) is 4.88. The number of nitrogens with one attached hydrogen (secondary N) is 1. The molecule has 16 heavy (non-hydrogen) atoms. The smallest absolute Gasteiger partial charge is 0.334 e. The first-order valence-electron chi connectivity index (χ1n) is 5.01. The number of aliphatic hydroxyl groups is 1. The standard InChI is InChI=1S/C9H16N2O4S/c1-11(6-2-3-16-5-6)9(15)10-4-7(12)8(13)14/h6-7,12H,2-5H2,1H3,(H,10,15)(H,13,14). The summed E-state index contributed by atoms with van der Waals surface area (Å²) in [5.74, 6) is 0.616. The first kappa shape index (κ1) is 13.1. The Bertz CT molecular complexity index is 268. The van der Waals surface area contributed by atoms with Crippen LogP contribution in [0.2, 0.25) is 0 Å². The Hall–Kier alpha value is -0.950. The molecule has 7 heteroatoms. The molecule has 6 nitrogen and oxygen atoms in total. The van der Waals surface area contributed by atoms with Gasteiger partial charge in [0.1, 0.15) is 0 Å². The molecule has 1 rings (SSSR count). The van der Waals surface area contributed by atoms with E-state index in [0.29, 0.717) is 0 Å². The molecule has 0 bridgehead atoms. The van der Waals surface area contributed by atoms with Crippen LogP contribution in [0, 0.1) is 0 Å². The second-order valence-corrected chi connectivity index (χ2v) is 4.82. The van der Waals surface area contributed by atoms with E-state index in [-0.39, 0.29) is 18.6 Å². The van der Waals surface area contributed by atoms with E-state index >= 15 is 0 Å². The molecule has 2 unspecified atom stereocenters. The van der Waals surface area contributed by atoms with Gasteiger partial charge in [-0.2, -0.15) is 11.8 Å². The van der Waals surface area contributed by atoms with Crippen molar-refractivity contribution in [3.8, 4) is 0 Å². The van der Waals surface area contributed by atoms with Gasteiger partial charge in [0.05, 0.1) is 6.54 Å². The highest BCUT2D eigenvalue weighted by Crippen LogP contribution is 2.21. The molecule has 0 aromatic carbocycles. The molecule has 2 amide bonds. The van der Waals surface area contributed by atoms with Gasteiger partial charge in [0.25, 0.3) is 0 Å². The monoisotopic (exact) mass is 248 g/mol. The van der Waals surface area contributed by atoms with Gasteiger partial charge in [0, 0.05) is 18.8 Å². The Morgan fingerprint density at radius 2 is 2.31 bits per heavy atom. The Balaban J connectivity index is 2.31. The van der Waals surface area contributed by atoms with Crippen molar-refractivity contribution >= 4 is 23.8 Å². The second-order valence-electron chi connectivity index (χ2n) is 3.67. The van der Waals surface area contributed by atoms with Crippen LogP contribution in [0.4, 0.5) is 4.79 Å². The Morgan fingerprint density at radius 1 is 1.62 bits per heavy atom. The summed E-state index contributed by atoms with van der Waals surface area (Å²) in [5, 5.41) is 19.8.